The number of hydrogen-bond donors (Lipinski definition) is 0. The fraction of sp³-hybridized carbons (Fsp3) is 0.857. The van der Waals surface area contributed by atoms with Crippen LogP contribution >= 0.6 is 0 Å². The molecule has 16 heavy (non-hydrogen) atoms. The van der Waals surface area contributed by atoms with Crippen LogP contribution in [0.2, 0.25) is 0 Å². The maximum Gasteiger partial charge on any atom is 0.0874 e. The normalized spacial score (nSPS) is 25.2. The van der Waals surface area contributed by atoms with E-state index in [0.29, 0.717) is 0 Å². The SMILES string of the molecule is CCC1(CCCOC=C(C)C)CCCCO1. The number of rotatable bonds is 6. The number of hydrogen-bond acceptors (Lipinski definition) is 2. The van der Waals surface area contributed by atoms with Gasteiger partial charge in [0.2, 0.25) is 0 Å². The van der Waals surface area contributed by atoms with E-state index >= 15 is 0 Å². The Morgan fingerprint density at radius 2 is 2.19 bits per heavy atom. The Morgan fingerprint density at radius 3 is 2.75 bits per heavy atom. The van der Waals surface area contributed by atoms with Gasteiger partial charge in [-0.15, -0.1) is 0 Å². The second-order valence-electron chi connectivity index (χ2n) is 5.01. The summed E-state index contributed by atoms with van der Waals surface area (Å²) in [6, 6.07) is 0. The molecule has 0 aromatic heterocycles. The van der Waals surface area contributed by atoms with Crippen LogP contribution in [-0.4, -0.2) is 18.8 Å². The molecule has 2 heteroatoms. The average molecular weight is 226 g/mol. The van der Waals surface area contributed by atoms with Crippen LogP contribution in [0.5, 0.6) is 0 Å². The van der Waals surface area contributed by atoms with Crippen LogP contribution in [0, 0.1) is 0 Å². The van der Waals surface area contributed by atoms with Crippen LogP contribution < -0.4 is 0 Å². The van der Waals surface area contributed by atoms with Gasteiger partial charge in [0, 0.05) is 6.61 Å². The van der Waals surface area contributed by atoms with Gasteiger partial charge in [-0.05, 0) is 57.9 Å². The highest BCUT2D eigenvalue weighted by molar-refractivity contribution is 4.86. The summed E-state index contributed by atoms with van der Waals surface area (Å²) in [5.74, 6) is 0. The summed E-state index contributed by atoms with van der Waals surface area (Å²) < 4.78 is 11.4. The van der Waals surface area contributed by atoms with Crippen molar-refractivity contribution < 1.29 is 9.47 Å². The van der Waals surface area contributed by atoms with Gasteiger partial charge in [0.05, 0.1) is 18.5 Å². The van der Waals surface area contributed by atoms with E-state index < -0.39 is 0 Å². The summed E-state index contributed by atoms with van der Waals surface area (Å²) in [5.41, 5.74) is 1.38. The molecule has 0 aliphatic carbocycles. The van der Waals surface area contributed by atoms with E-state index in [1.54, 1.807) is 0 Å². The first-order valence-corrected chi connectivity index (χ1v) is 6.57. The smallest absolute Gasteiger partial charge is 0.0874 e. The molecule has 0 bridgehead atoms. The molecule has 1 heterocycles. The van der Waals surface area contributed by atoms with Gasteiger partial charge in [-0.3, -0.25) is 0 Å². The van der Waals surface area contributed by atoms with Gasteiger partial charge < -0.3 is 9.47 Å². The second kappa shape index (κ2) is 6.95. The molecule has 0 radical (unpaired) electrons. The third kappa shape index (κ3) is 4.56. The highest BCUT2D eigenvalue weighted by Gasteiger charge is 2.30. The van der Waals surface area contributed by atoms with Crippen molar-refractivity contribution in [1.82, 2.24) is 0 Å². The molecule has 94 valence electrons. The fourth-order valence-corrected chi connectivity index (χ4v) is 2.27. The Kier molecular flexibility index (Phi) is 5.89. The molecule has 1 aliphatic heterocycles. The molecule has 0 spiro atoms. The molecule has 1 atom stereocenters. The molecular formula is C14H26O2. The van der Waals surface area contributed by atoms with E-state index in [2.05, 4.69) is 20.8 Å². The Balaban J connectivity index is 2.20. The van der Waals surface area contributed by atoms with E-state index in [1.807, 2.05) is 6.26 Å². The second-order valence-corrected chi connectivity index (χ2v) is 5.01. The number of allylic oxidation sites excluding steroid dienone is 1. The zero-order valence-corrected chi connectivity index (χ0v) is 11.1. The third-order valence-corrected chi connectivity index (χ3v) is 3.29. The molecule has 0 N–H and O–H groups in total. The Hall–Kier alpha value is -0.500. The van der Waals surface area contributed by atoms with E-state index in [-0.39, 0.29) is 5.60 Å². The van der Waals surface area contributed by atoms with Crippen LogP contribution in [0.15, 0.2) is 11.8 Å². The minimum absolute atomic E-state index is 0.159. The largest absolute Gasteiger partial charge is 0.501 e. The zero-order valence-electron chi connectivity index (χ0n) is 11.1. The first kappa shape index (κ1) is 13.6. The van der Waals surface area contributed by atoms with Crippen LogP contribution in [0.1, 0.15) is 59.3 Å². The monoisotopic (exact) mass is 226 g/mol. The lowest BCUT2D eigenvalue weighted by molar-refractivity contribution is -0.0884. The molecule has 0 aromatic carbocycles. The predicted octanol–water partition coefficient (Wildman–Crippen LogP) is 4.06. The molecule has 1 unspecified atom stereocenters. The summed E-state index contributed by atoms with van der Waals surface area (Å²) in [6.07, 6.45) is 9.00. The first-order chi connectivity index (χ1) is 7.68. The molecular weight excluding hydrogens is 200 g/mol. The Labute approximate surface area is 100 Å². The molecule has 0 aromatic rings. The van der Waals surface area contributed by atoms with Crippen molar-refractivity contribution in [3.05, 3.63) is 11.8 Å². The van der Waals surface area contributed by atoms with Crippen LogP contribution in [0.4, 0.5) is 0 Å². The van der Waals surface area contributed by atoms with Gasteiger partial charge in [-0.1, -0.05) is 6.92 Å². The Morgan fingerprint density at radius 1 is 1.38 bits per heavy atom. The molecule has 0 saturated carbocycles. The van der Waals surface area contributed by atoms with Gasteiger partial charge in [0.25, 0.3) is 0 Å². The summed E-state index contributed by atoms with van der Waals surface area (Å²) in [5, 5.41) is 0. The van der Waals surface area contributed by atoms with Crippen molar-refractivity contribution in [1.29, 1.82) is 0 Å². The van der Waals surface area contributed by atoms with Gasteiger partial charge in [-0.2, -0.15) is 0 Å². The summed E-state index contributed by atoms with van der Waals surface area (Å²) >= 11 is 0. The minimum atomic E-state index is 0.159. The van der Waals surface area contributed by atoms with Crippen molar-refractivity contribution in [3.63, 3.8) is 0 Å². The van der Waals surface area contributed by atoms with E-state index in [0.717, 1.165) is 32.5 Å². The topological polar surface area (TPSA) is 18.5 Å². The van der Waals surface area contributed by atoms with E-state index in [9.17, 15) is 0 Å². The van der Waals surface area contributed by atoms with E-state index in [4.69, 9.17) is 9.47 Å². The molecule has 1 fully saturated rings. The van der Waals surface area contributed by atoms with Crippen molar-refractivity contribution in [2.75, 3.05) is 13.2 Å². The lowest BCUT2D eigenvalue weighted by Crippen LogP contribution is -2.35. The highest BCUT2D eigenvalue weighted by atomic mass is 16.5. The molecule has 0 amide bonds. The van der Waals surface area contributed by atoms with Crippen LogP contribution in [0.3, 0.4) is 0 Å². The zero-order chi connectivity index (χ0) is 11.9. The van der Waals surface area contributed by atoms with Crippen molar-refractivity contribution in [2.24, 2.45) is 0 Å². The van der Waals surface area contributed by atoms with Crippen LogP contribution in [-0.2, 0) is 9.47 Å². The Bertz CT molecular complexity index is 211. The van der Waals surface area contributed by atoms with E-state index in [1.165, 1.54) is 24.8 Å². The van der Waals surface area contributed by atoms with Gasteiger partial charge in [0.15, 0.2) is 0 Å². The average Bonchev–Trinajstić information content (AvgIpc) is 2.29. The summed E-state index contributed by atoms with van der Waals surface area (Å²) in [4.78, 5) is 0. The summed E-state index contributed by atoms with van der Waals surface area (Å²) in [7, 11) is 0. The lowest BCUT2D eigenvalue weighted by atomic mass is 9.87. The standard InChI is InChI=1S/C14H26O2/c1-4-14(8-5-6-11-16-14)9-7-10-15-12-13(2)3/h12H,4-11H2,1-3H3. The maximum absolute atomic E-state index is 5.97. The maximum atomic E-state index is 5.97. The lowest BCUT2D eigenvalue weighted by Gasteiger charge is -2.36. The minimum Gasteiger partial charge on any atom is -0.501 e. The van der Waals surface area contributed by atoms with Crippen LogP contribution in [0.25, 0.3) is 0 Å². The number of ether oxygens (including phenoxy) is 2. The highest BCUT2D eigenvalue weighted by Crippen LogP contribution is 2.32. The molecule has 1 saturated heterocycles. The van der Waals surface area contributed by atoms with Crippen molar-refractivity contribution in [3.8, 4) is 0 Å². The molecule has 2 nitrogen and oxygen atoms in total. The molecule has 1 rings (SSSR count). The molecule has 1 aliphatic rings. The van der Waals surface area contributed by atoms with Gasteiger partial charge in [0.1, 0.15) is 0 Å². The van der Waals surface area contributed by atoms with Gasteiger partial charge >= 0.3 is 0 Å². The quantitative estimate of drug-likeness (QED) is 0.502. The fourth-order valence-electron chi connectivity index (χ4n) is 2.27. The van der Waals surface area contributed by atoms with Crippen molar-refractivity contribution in [2.45, 2.75) is 64.9 Å². The van der Waals surface area contributed by atoms with Crippen molar-refractivity contribution >= 4 is 0 Å². The predicted molar refractivity (Wildman–Crippen MR) is 67.4 cm³/mol. The first-order valence-electron chi connectivity index (χ1n) is 6.57. The summed E-state index contributed by atoms with van der Waals surface area (Å²) in [6.45, 7) is 8.11. The third-order valence-electron chi connectivity index (χ3n) is 3.29. The van der Waals surface area contributed by atoms with Gasteiger partial charge in [-0.25, -0.2) is 0 Å².